The van der Waals surface area contributed by atoms with Crippen molar-refractivity contribution in [1.82, 2.24) is 14.9 Å². The van der Waals surface area contributed by atoms with Crippen LogP contribution in [0.15, 0.2) is 24.5 Å². The van der Waals surface area contributed by atoms with Gasteiger partial charge in [-0.3, -0.25) is 4.79 Å². The van der Waals surface area contributed by atoms with E-state index in [1.54, 1.807) is 0 Å². The predicted molar refractivity (Wildman–Crippen MR) is 82.6 cm³/mol. The van der Waals surface area contributed by atoms with Crippen molar-refractivity contribution in [3.05, 3.63) is 35.1 Å². The van der Waals surface area contributed by atoms with Crippen LogP contribution in [0.5, 0.6) is 0 Å². The maximum Gasteiger partial charge on any atom is 0.263 e. The molecule has 2 rings (SSSR count). The van der Waals surface area contributed by atoms with Crippen LogP contribution in [0, 0.1) is 5.92 Å². The summed E-state index contributed by atoms with van der Waals surface area (Å²) in [7, 11) is 0. The molecule has 5 heteroatoms. The molecule has 2 aromatic rings. The molecule has 2 heterocycles. The van der Waals surface area contributed by atoms with Gasteiger partial charge in [0, 0.05) is 18.9 Å². The zero-order valence-corrected chi connectivity index (χ0v) is 13.0. The summed E-state index contributed by atoms with van der Waals surface area (Å²) in [5.74, 6) is 0.448. The summed E-state index contributed by atoms with van der Waals surface area (Å²) in [6.07, 6.45) is 5.72. The number of amides is 1. The maximum absolute atomic E-state index is 12.3. The number of rotatable bonds is 6. The van der Waals surface area contributed by atoms with E-state index in [4.69, 9.17) is 0 Å². The van der Waals surface area contributed by atoms with E-state index < -0.39 is 0 Å². The largest absolute Gasteiger partial charge is 0.351 e. The number of hydrogen-bond acceptors (Lipinski definition) is 3. The first-order chi connectivity index (χ1) is 9.61. The van der Waals surface area contributed by atoms with Crippen LogP contribution in [-0.4, -0.2) is 22.0 Å². The van der Waals surface area contributed by atoms with E-state index in [1.165, 1.54) is 11.3 Å². The molecule has 2 aromatic heterocycles. The average molecular weight is 291 g/mol. The highest BCUT2D eigenvalue weighted by Crippen LogP contribution is 2.23. The lowest BCUT2D eigenvalue weighted by atomic mass is 10.2. The Bertz CT molecular complexity index is 558. The van der Waals surface area contributed by atoms with Gasteiger partial charge in [0.25, 0.3) is 5.91 Å². The number of aromatic nitrogens is 2. The molecule has 0 saturated carbocycles. The third kappa shape index (κ3) is 3.48. The number of carbonyl (C=O) groups excluding carboxylic acids is 1. The Hall–Kier alpha value is -1.62. The Kier molecular flexibility index (Phi) is 4.95. The van der Waals surface area contributed by atoms with Crippen LogP contribution in [0.1, 0.15) is 42.6 Å². The quantitative estimate of drug-likeness (QED) is 0.888. The minimum Gasteiger partial charge on any atom is -0.351 e. The van der Waals surface area contributed by atoms with Crippen molar-refractivity contribution in [2.24, 2.45) is 5.92 Å². The Balaban J connectivity index is 2.24. The number of nitrogens with zero attached hydrogens (tertiary/aromatic N) is 2. The van der Waals surface area contributed by atoms with E-state index in [2.05, 4.69) is 31.1 Å². The second kappa shape index (κ2) is 6.70. The van der Waals surface area contributed by atoms with E-state index in [0.717, 1.165) is 28.5 Å². The molecule has 0 spiro atoms. The van der Waals surface area contributed by atoms with Gasteiger partial charge < -0.3 is 9.88 Å². The van der Waals surface area contributed by atoms with E-state index in [-0.39, 0.29) is 5.91 Å². The lowest BCUT2D eigenvalue weighted by Gasteiger charge is -2.06. The van der Waals surface area contributed by atoms with E-state index in [0.29, 0.717) is 12.5 Å². The highest BCUT2D eigenvalue weighted by Gasteiger charge is 2.18. The summed E-state index contributed by atoms with van der Waals surface area (Å²) < 4.78 is 1.95. The van der Waals surface area contributed by atoms with Crippen LogP contribution in [0.2, 0.25) is 0 Å². The normalized spacial score (nSPS) is 11.0. The number of nitrogens with one attached hydrogen (secondary N) is 1. The van der Waals surface area contributed by atoms with Gasteiger partial charge in [-0.1, -0.05) is 38.5 Å². The highest BCUT2D eigenvalue weighted by molar-refractivity contribution is 7.16. The molecule has 1 amide bonds. The van der Waals surface area contributed by atoms with Crippen molar-refractivity contribution in [1.29, 1.82) is 0 Å². The lowest BCUT2D eigenvalue weighted by Crippen LogP contribution is -2.27. The predicted octanol–water partition coefficient (Wildman–Crippen LogP) is 3.27. The SMILES string of the molecule is CCCc1nc(-n2cccc2)sc1C(=O)NCC(C)C. The average Bonchev–Trinajstić information content (AvgIpc) is 3.04. The third-order valence-electron chi connectivity index (χ3n) is 2.88. The number of thiazole rings is 1. The van der Waals surface area contributed by atoms with Gasteiger partial charge in [0.15, 0.2) is 5.13 Å². The van der Waals surface area contributed by atoms with Crippen LogP contribution in [0.25, 0.3) is 5.13 Å². The summed E-state index contributed by atoms with van der Waals surface area (Å²) in [6.45, 7) is 6.97. The topological polar surface area (TPSA) is 46.9 Å². The van der Waals surface area contributed by atoms with Crippen molar-refractivity contribution >= 4 is 17.2 Å². The molecule has 0 atom stereocenters. The Morgan fingerprint density at radius 1 is 1.40 bits per heavy atom. The van der Waals surface area contributed by atoms with Crippen molar-refractivity contribution in [2.45, 2.75) is 33.6 Å². The first-order valence-electron chi connectivity index (χ1n) is 7.03. The smallest absolute Gasteiger partial charge is 0.263 e. The standard InChI is InChI=1S/C15H21N3OS/c1-4-7-12-13(14(19)16-10-11(2)3)20-15(17-12)18-8-5-6-9-18/h5-6,8-9,11H,4,7,10H2,1-3H3,(H,16,19). The van der Waals surface area contributed by atoms with E-state index in [9.17, 15) is 4.79 Å². The molecule has 20 heavy (non-hydrogen) atoms. The maximum atomic E-state index is 12.3. The van der Waals surface area contributed by atoms with Gasteiger partial charge in [0.2, 0.25) is 0 Å². The second-order valence-electron chi connectivity index (χ2n) is 5.22. The molecule has 0 radical (unpaired) electrons. The minimum atomic E-state index is -0.00180. The molecule has 0 aliphatic rings. The number of carbonyl (C=O) groups is 1. The summed E-state index contributed by atoms with van der Waals surface area (Å²) in [6, 6.07) is 3.92. The summed E-state index contributed by atoms with van der Waals surface area (Å²) >= 11 is 1.46. The lowest BCUT2D eigenvalue weighted by molar-refractivity contribution is 0.0952. The molecule has 1 N–H and O–H groups in total. The Morgan fingerprint density at radius 2 is 2.10 bits per heavy atom. The second-order valence-corrected chi connectivity index (χ2v) is 6.19. The van der Waals surface area contributed by atoms with Crippen molar-refractivity contribution in [3.63, 3.8) is 0 Å². The summed E-state index contributed by atoms with van der Waals surface area (Å²) in [5.41, 5.74) is 0.905. The molecule has 4 nitrogen and oxygen atoms in total. The van der Waals surface area contributed by atoms with Crippen LogP contribution >= 0.6 is 11.3 Å². The molecular formula is C15H21N3OS. The molecule has 0 bridgehead atoms. The zero-order valence-electron chi connectivity index (χ0n) is 12.2. The molecule has 108 valence electrons. The fourth-order valence-corrected chi connectivity index (χ4v) is 2.87. The molecule has 0 aliphatic carbocycles. The summed E-state index contributed by atoms with van der Waals surface area (Å²) in [4.78, 5) is 17.6. The van der Waals surface area contributed by atoms with Crippen LogP contribution in [0.3, 0.4) is 0 Å². The first kappa shape index (κ1) is 14.8. The van der Waals surface area contributed by atoms with Gasteiger partial charge in [-0.25, -0.2) is 4.98 Å². The van der Waals surface area contributed by atoms with Gasteiger partial charge in [-0.15, -0.1) is 0 Å². The molecule has 0 aliphatic heterocycles. The highest BCUT2D eigenvalue weighted by atomic mass is 32.1. The van der Waals surface area contributed by atoms with Crippen LogP contribution in [-0.2, 0) is 6.42 Å². The number of aryl methyl sites for hydroxylation is 1. The third-order valence-corrected chi connectivity index (χ3v) is 3.99. The monoisotopic (exact) mass is 291 g/mol. The van der Waals surface area contributed by atoms with Crippen LogP contribution in [0.4, 0.5) is 0 Å². The van der Waals surface area contributed by atoms with Gasteiger partial charge in [-0.2, -0.15) is 0 Å². The van der Waals surface area contributed by atoms with Crippen LogP contribution < -0.4 is 5.32 Å². The Morgan fingerprint density at radius 3 is 2.70 bits per heavy atom. The Labute approximate surface area is 123 Å². The van der Waals surface area contributed by atoms with Crippen molar-refractivity contribution < 1.29 is 4.79 Å². The van der Waals surface area contributed by atoms with Gasteiger partial charge in [0.1, 0.15) is 4.88 Å². The molecule has 0 saturated heterocycles. The molecule has 0 fully saturated rings. The minimum absolute atomic E-state index is 0.00180. The van der Waals surface area contributed by atoms with E-state index in [1.807, 2.05) is 29.1 Å². The molecule has 0 aromatic carbocycles. The van der Waals surface area contributed by atoms with E-state index >= 15 is 0 Å². The van der Waals surface area contributed by atoms with Crippen molar-refractivity contribution in [2.75, 3.05) is 6.54 Å². The van der Waals surface area contributed by atoms with Crippen molar-refractivity contribution in [3.8, 4) is 5.13 Å². The summed E-state index contributed by atoms with van der Waals surface area (Å²) in [5, 5.41) is 3.83. The fraction of sp³-hybridized carbons (Fsp3) is 0.467. The zero-order chi connectivity index (χ0) is 14.5. The van der Waals surface area contributed by atoms with Gasteiger partial charge >= 0.3 is 0 Å². The van der Waals surface area contributed by atoms with Gasteiger partial charge in [0.05, 0.1) is 5.69 Å². The first-order valence-corrected chi connectivity index (χ1v) is 7.84. The number of hydrogen-bond donors (Lipinski definition) is 1. The molecular weight excluding hydrogens is 270 g/mol. The van der Waals surface area contributed by atoms with Gasteiger partial charge in [-0.05, 0) is 24.5 Å². The fourth-order valence-electron chi connectivity index (χ4n) is 1.87. The molecule has 0 unspecified atom stereocenters.